The van der Waals surface area contributed by atoms with Crippen LogP contribution in [0.2, 0.25) is 0 Å². The number of rotatable bonds is 2. The van der Waals surface area contributed by atoms with E-state index in [0.717, 1.165) is 24.7 Å². The first-order valence-corrected chi connectivity index (χ1v) is 13.8. The first-order valence-electron chi connectivity index (χ1n) is 13.8. The van der Waals surface area contributed by atoms with Crippen molar-refractivity contribution in [2.24, 2.45) is 45.3 Å². The Morgan fingerprint density at radius 2 is 1.44 bits per heavy atom. The lowest BCUT2D eigenvalue weighted by atomic mass is 9.35. The average molecular weight is 443 g/mol. The number of aliphatic hydroxyl groups is 1. The third-order valence-corrected chi connectivity index (χ3v) is 13.0. The Kier molecular flexibility index (Phi) is 5.19. The highest BCUT2D eigenvalue weighted by Gasteiger charge is 2.69. The molecule has 0 aromatic carbocycles. The number of hydrogen-bond donors (Lipinski definition) is 1. The molecule has 1 N–H and O–H groups in total. The molecule has 0 aromatic rings. The van der Waals surface area contributed by atoms with Gasteiger partial charge < -0.3 is 9.84 Å². The summed E-state index contributed by atoms with van der Waals surface area (Å²) in [6.45, 7) is 21.5. The normalized spacial score (nSPS) is 56.9. The van der Waals surface area contributed by atoms with Crippen LogP contribution >= 0.6 is 0 Å². The number of hydrogen-bond acceptors (Lipinski definition) is 2. The van der Waals surface area contributed by atoms with Crippen molar-refractivity contribution >= 4 is 0 Å². The third kappa shape index (κ3) is 2.84. The van der Waals surface area contributed by atoms with Gasteiger partial charge in [0.15, 0.2) is 0 Å². The van der Waals surface area contributed by atoms with Crippen molar-refractivity contribution in [2.75, 3.05) is 0 Å². The van der Waals surface area contributed by atoms with E-state index in [2.05, 4.69) is 55.0 Å². The van der Waals surface area contributed by atoms with Gasteiger partial charge in [-0.15, -0.1) is 0 Å². The van der Waals surface area contributed by atoms with Crippen LogP contribution in [-0.2, 0) is 4.74 Å². The van der Waals surface area contributed by atoms with Crippen LogP contribution in [-0.4, -0.2) is 22.9 Å². The minimum absolute atomic E-state index is 0.0350. The molecule has 2 heteroatoms. The maximum Gasteiger partial charge on any atom is 0.0788 e. The molecule has 1 aliphatic heterocycles. The first kappa shape index (κ1) is 23.4. The van der Waals surface area contributed by atoms with Crippen LogP contribution < -0.4 is 0 Å². The smallest absolute Gasteiger partial charge is 0.0788 e. The monoisotopic (exact) mass is 442 g/mol. The van der Waals surface area contributed by atoms with Crippen molar-refractivity contribution in [1.82, 2.24) is 0 Å². The largest absolute Gasteiger partial charge is 0.393 e. The molecule has 1 heterocycles. The highest BCUT2D eigenvalue weighted by atomic mass is 16.5. The fourth-order valence-electron chi connectivity index (χ4n) is 10.9. The lowest BCUT2D eigenvalue weighted by Crippen LogP contribution is -2.64. The Balaban J connectivity index is 1.45. The van der Waals surface area contributed by atoms with Crippen LogP contribution in [0.15, 0.2) is 12.2 Å². The van der Waals surface area contributed by atoms with Gasteiger partial charge in [0, 0.05) is 0 Å². The molecule has 5 rings (SSSR count). The average Bonchev–Trinajstić information content (AvgIpc) is 3.28. The zero-order valence-corrected chi connectivity index (χ0v) is 22.1. The van der Waals surface area contributed by atoms with Crippen molar-refractivity contribution in [3.05, 3.63) is 12.2 Å². The molecule has 0 amide bonds. The van der Waals surface area contributed by atoms with Crippen LogP contribution in [0.1, 0.15) is 113 Å². The van der Waals surface area contributed by atoms with Crippen molar-refractivity contribution in [3.63, 3.8) is 0 Å². The number of fused-ring (bicyclic) bond motifs is 5. The van der Waals surface area contributed by atoms with Crippen LogP contribution in [0.25, 0.3) is 0 Å². The Morgan fingerprint density at radius 1 is 0.750 bits per heavy atom. The fourth-order valence-corrected chi connectivity index (χ4v) is 10.9. The van der Waals surface area contributed by atoms with E-state index in [0.29, 0.717) is 28.1 Å². The molecule has 0 bridgehead atoms. The van der Waals surface area contributed by atoms with Crippen molar-refractivity contribution in [2.45, 2.75) is 130 Å². The second-order valence-electron chi connectivity index (χ2n) is 14.5. The van der Waals surface area contributed by atoms with Crippen molar-refractivity contribution in [1.29, 1.82) is 0 Å². The Labute approximate surface area is 198 Å². The van der Waals surface area contributed by atoms with E-state index >= 15 is 0 Å². The highest BCUT2D eigenvalue weighted by Crippen LogP contribution is 2.76. The van der Waals surface area contributed by atoms with Gasteiger partial charge in [-0.3, -0.25) is 0 Å². The van der Waals surface area contributed by atoms with E-state index < -0.39 is 0 Å². The highest BCUT2D eigenvalue weighted by molar-refractivity contribution is 5.19. The minimum Gasteiger partial charge on any atom is -0.393 e. The zero-order chi connectivity index (χ0) is 23.3. The lowest BCUT2D eigenvalue weighted by Gasteiger charge is -2.70. The van der Waals surface area contributed by atoms with Gasteiger partial charge in [0.2, 0.25) is 0 Å². The van der Waals surface area contributed by atoms with E-state index in [1.807, 2.05) is 0 Å². The second kappa shape index (κ2) is 7.09. The quantitative estimate of drug-likeness (QED) is 0.447. The van der Waals surface area contributed by atoms with E-state index in [1.54, 1.807) is 0 Å². The SMILES string of the molecule is C=C(C)[C@@H]1CC[C@@](C)([C@H]2CC[C@]3(C)[C@@H]2CC[C@@H]2[C@@]4(C)CC[C@H](O)C(C)(C)[C@@H]4CC[C@]23C)O1. The molecule has 2 nitrogen and oxygen atoms in total. The summed E-state index contributed by atoms with van der Waals surface area (Å²) in [5.74, 6) is 2.94. The molecular weight excluding hydrogens is 392 g/mol. The van der Waals surface area contributed by atoms with Crippen LogP contribution in [0, 0.1) is 45.3 Å². The summed E-state index contributed by atoms with van der Waals surface area (Å²) in [4.78, 5) is 0. The van der Waals surface area contributed by atoms with Gasteiger partial charge in [0.25, 0.3) is 0 Å². The molecule has 0 radical (unpaired) electrons. The van der Waals surface area contributed by atoms with Gasteiger partial charge in [-0.05, 0) is 123 Å². The molecular formula is C30H50O2. The van der Waals surface area contributed by atoms with Crippen molar-refractivity contribution in [3.8, 4) is 0 Å². The maximum absolute atomic E-state index is 10.9. The molecule has 10 atom stereocenters. The van der Waals surface area contributed by atoms with Crippen LogP contribution in [0.5, 0.6) is 0 Å². The topological polar surface area (TPSA) is 29.5 Å². The summed E-state index contributed by atoms with van der Waals surface area (Å²) < 4.78 is 6.77. The molecule has 0 spiro atoms. The van der Waals surface area contributed by atoms with E-state index in [4.69, 9.17) is 4.74 Å². The van der Waals surface area contributed by atoms with Gasteiger partial charge in [0.1, 0.15) is 0 Å². The maximum atomic E-state index is 10.9. The van der Waals surface area contributed by atoms with Crippen LogP contribution in [0.3, 0.4) is 0 Å². The number of ether oxygens (including phenoxy) is 1. The second-order valence-corrected chi connectivity index (χ2v) is 14.5. The Bertz CT molecular complexity index is 786. The van der Waals surface area contributed by atoms with Crippen molar-refractivity contribution < 1.29 is 9.84 Å². The molecule has 5 fully saturated rings. The minimum atomic E-state index is -0.131. The summed E-state index contributed by atoms with van der Waals surface area (Å²) in [5, 5.41) is 10.9. The van der Waals surface area contributed by atoms with Crippen LogP contribution in [0.4, 0.5) is 0 Å². The zero-order valence-electron chi connectivity index (χ0n) is 22.1. The summed E-state index contributed by atoms with van der Waals surface area (Å²) in [5.41, 5.74) is 2.50. The standard InChI is InChI=1S/C30H50O2/c1-19(2)22-12-18-30(8,32-22)21-11-16-28(6)20(21)9-10-24-27(5)15-14-25(31)26(3,4)23(27)13-17-29(24,28)7/h20-25,31H,1,9-18H2,2-8H3/t20-,21+,22+,23+,24-,25+,27+,28-,29-,30+/m1/s1. The molecule has 182 valence electrons. The third-order valence-electron chi connectivity index (χ3n) is 13.0. The number of aliphatic hydroxyl groups excluding tert-OH is 1. The molecule has 0 aromatic heterocycles. The predicted octanol–water partition coefficient (Wildman–Crippen LogP) is 7.55. The van der Waals surface area contributed by atoms with Gasteiger partial charge in [-0.1, -0.05) is 46.8 Å². The fraction of sp³-hybridized carbons (Fsp3) is 0.933. The molecule has 5 aliphatic rings. The molecule has 4 aliphatic carbocycles. The van der Waals surface area contributed by atoms with E-state index in [9.17, 15) is 5.11 Å². The summed E-state index contributed by atoms with van der Waals surface area (Å²) in [6, 6.07) is 0. The summed E-state index contributed by atoms with van der Waals surface area (Å²) in [6.07, 6.45) is 12.8. The molecule has 1 saturated heterocycles. The Morgan fingerprint density at radius 3 is 2.09 bits per heavy atom. The van der Waals surface area contributed by atoms with Gasteiger partial charge >= 0.3 is 0 Å². The van der Waals surface area contributed by atoms with Gasteiger partial charge in [-0.2, -0.15) is 0 Å². The van der Waals surface area contributed by atoms with Gasteiger partial charge in [0.05, 0.1) is 17.8 Å². The Hall–Kier alpha value is -0.340. The lowest BCUT2D eigenvalue weighted by molar-refractivity contribution is -0.225. The summed E-state index contributed by atoms with van der Waals surface area (Å²) >= 11 is 0. The molecule has 32 heavy (non-hydrogen) atoms. The summed E-state index contributed by atoms with van der Waals surface area (Å²) in [7, 11) is 0. The predicted molar refractivity (Wildman–Crippen MR) is 132 cm³/mol. The van der Waals surface area contributed by atoms with Gasteiger partial charge in [-0.25, -0.2) is 0 Å². The first-order chi connectivity index (χ1) is 14.8. The van der Waals surface area contributed by atoms with E-state index in [1.165, 1.54) is 56.9 Å². The van der Waals surface area contributed by atoms with E-state index in [-0.39, 0.29) is 23.2 Å². The molecule has 4 saturated carbocycles. The molecule has 0 unspecified atom stereocenters.